The second-order valence-corrected chi connectivity index (χ2v) is 11.0. The average molecular weight is 601 g/mol. The van der Waals surface area contributed by atoms with Crippen LogP contribution in [0, 0.1) is 0 Å². The Kier molecular flexibility index (Phi) is 12.8. The number of hydrogen-bond acceptors (Lipinski definition) is 8. The molecule has 4 unspecified atom stereocenters. The highest BCUT2D eigenvalue weighted by Gasteiger charge is 2.31. The molecule has 0 spiro atoms. The van der Waals surface area contributed by atoms with Gasteiger partial charge < -0.3 is 42.5 Å². The van der Waals surface area contributed by atoms with Gasteiger partial charge in [0.1, 0.15) is 18.1 Å². The van der Waals surface area contributed by atoms with Crippen LogP contribution in [0.4, 0.5) is 0 Å². The van der Waals surface area contributed by atoms with Crippen molar-refractivity contribution in [3.63, 3.8) is 0 Å². The molecule has 42 heavy (non-hydrogen) atoms. The first-order valence-corrected chi connectivity index (χ1v) is 15.2. The van der Waals surface area contributed by atoms with E-state index < -0.39 is 47.9 Å². The quantitative estimate of drug-likeness (QED) is 0.0947. The number of para-hydroxylation sites is 1. The van der Waals surface area contributed by atoms with Gasteiger partial charge in [0, 0.05) is 41.8 Å². The molecule has 0 bridgehead atoms. The molecule has 13 nitrogen and oxygen atoms in total. The zero-order valence-corrected chi connectivity index (χ0v) is 24.4. The van der Waals surface area contributed by atoms with E-state index in [4.69, 9.17) is 11.5 Å². The van der Waals surface area contributed by atoms with Crippen molar-refractivity contribution in [1.82, 2.24) is 30.9 Å². The molecular weight excluding hydrogens is 560 g/mol. The summed E-state index contributed by atoms with van der Waals surface area (Å²) in [6.45, 7) is 0.489. The third-order valence-corrected chi connectivity index (χ3v) is 7.52. The van der Waals surface area contributed by atoms with Gasteiger partial charge in [-0.1, -0.05) is 24.6 Å². The molecule has 0 aliphatic rings. The van der Waals surface area contributed by atoms with Crippen molar-refractivity contribution in [2.45, 2.75) is 62.7 Å². The Morgan fingerprint density at radius 3 is 2.36 bits per heavy atom. The molecule has 3 amide bonds. The van der Waals surface area contributed by atoms with Crippen LogP contribution in [0.3, 0.4) is 0 Å². The number of nitrogens with one attached hydrogen (secondary N) is 5. The first-order chi connectivity index (χ1) is 20.2. The Bertz CT molecular complexity index is 1310. The molecule has 14 heteroatoms. The molecule has 2 heterocycles. The van der Waals surface area contributed by atoms with E-state index in [-0.39, 0.29) is 19.3 Å². The van der Waals surface area contributed by atoms with Crippen LogP contribution in [-0.4, -0.2) is 86.5 Å². The lowest BCUT2D eigenvalue weighted by molar-refractivity contribution is -0.142. The molecule has 4 atom stereocenters. The maximum Gasteiger partial charge on any atom is 0.326 e. The Balaban J connectivity index is 1.72. The fourth-order valence-corrected chi connectivity index (χ4v) is 4.98. The van der Waals surface area contributed by atoms with Gasteiger partial charge in [-0.3, -0.25) is 14.4 Å². The number of nitrogens with two attached hydrogens (primary N) is 2. The Morgan fingerprint density at radius 2 is 1.67 bits per heavy atom. The van der Waals surface area contributed by atoms with Crippen LogP contribution >= 0.6 is 11.8 Å². The Labute approximate surface area is 248 Å². The summed E-state index contributed by atoms with van der Waals surface area (Å²) < 4.78 is 0. The fraction of sp³-hybridized carbons (Fsp3) is 0.464. The molecule has 1 aromatic carbocycles. The number of aromatic nitrogens is 3. The number of aliphatic carboxylic acids is 1. The molecule has 0 fully saturated rings. The average Bonchev–Trinajstić information content (AvgIpc) is 3.64. The van der Waals surface area contributed by atoms with Crippen molar-refractivity contribution in [1.29, 1.82) is 0 Å². The number of benzene rings is 1. The van der Waals surface area contributed by atoms with E-state index in [0.29, 0.717) is 30.8 Å². The molecule has 0 aliphatic heterocycles. The molecule has 10 N–H and O–H groups in total. The number of fused-ring (bicyclic) bond motifs is 1. The van der Waals surface area contributed by atoms with Crippen LogP contribution in [0.25, 0.3) is 10.9 Å². The minimum atomic E-state index is -1.22. The highest BCUT2D eigenvalue weighted by Crippen LogP contribution is 2.19. The van der Waals surface area contributed by atoms with Crippen LogP contribution in [0.2, 0.25) is 0 Å². The first kappa shape index (κ1) is 32.6. The molecule has 3 rings (SSSR count). The summed E-state index contributed by atoms with van der Waals surface area (Å²) in [5, 5.41) is 18.8. The molecule has 0 saturated heterocycles. The van der Waals surface area contributed by atoms with Gasteiger partial charge in [-0.25, -0.2) is 9.78 Å². The standard InChI is InChI=1S/C28H40N8O5S/c1-42-11-9-22(26(38)36-24(28(40)41)12-17-14-32-21-8-3-2-6-19(17)21)34-27(39)23(13-18-15-31-16-33-18)35-25(37)20(30)7-4-5-10-29/h2-3,6,8,14-16,20,22-24,32H,4-5,7,9-13,29-30H2,1H3,(H,31,33)(H,34,39)(H,35,37)(H,36,38)(H,40,41). The minimum Gasteiger partial charge on any atom is -0.480 e. The topological polar surface area (TPSA) is 221 Å². The van der Waals surface area contributed by atoms with Crippen LogP contribution in [-0.2, 0) is 32.0 Å². The van der Waals surface area contributed by atoms with Crippen molar-refractivity contribution in [3.05, 3.63) is 54.2 Å². The third kappa shape index (κ3) is 9.60. The number of aromatic amines is 2. The van der Waals surface area contributed by atoms with E-state index >= 15 is 0 Å². The Hall–Kier alpha value is -3.88. The predicted molar refractivity (Wildman–Crippen MR) is 162 cm³/mol. The van der Waals surface area contributed by atoms with Gasteiger partial charge >= 0.3 is 5.97 Å². The summed E-state index contributed by atoms with van der Waals surface area (Å²) in [5.41, 5.74) is 13.8. The molecule has 3 aromatic rings. The van der Waals surface area contributed by atoms with Crippen molar-refractivity contribution in [3.8, 4) is 0 Å². The van der Waals surface area contributed by atoms with Gasteiger partial charge in [-0.2, -0.15) is 11.8 Å². The maximum atomic E-state index is 13.5. The number of amides is 3. The number of unbranched alkanes of at least 4 members (excludes halogenated alkanes) is 1. The molecule has 0 saturated carbocycles. The molecular formula is C28H40N8O5S. The number of carbonyl (C=O) groups excluding carboxylic acids is 3. The van der Waals surface area contributed by atoms with E-state index in [1.54, 1.807) is 6.20 Å². The number of carbonyl (C=O) groups is 4. The molecule has 228 valence electrons. The highest BCUT2D eigenvalue weighted by molar-refractivity contribution is 7.98. The van der Waals surface area contributed by atoms with E-state index in [1.165, 1.54) is 24.3 Å². The van der Waals surface area contributed by atoms with Crippen LogP contribution in [0.15, 0.2) is 43.0 Å². The number of rotatable bonds is 18. The number of nitrogens with zero attached hydrogens (tertiary/aromatic N) is 1. The first-order valence-electron chi connectivity index (χ1n) is 13.8. The van der Waals surface area contributed by atoms with E-state index in [9.17, 15) is 24.3 Å². The zero-order chi connectivity index (χ0) is 30.5. The van der Waals surface area contributed by atoms with Crippen LogP contribution in [0.1, 0.15) is 36.9 Å². The van der Waals surface area contributed by atoms with Crippen LogP contribution < -0.4 is 27.4 Å². The van der Waals surface area contributed by atoms with E-state index in [1.807, 2.05) is 30.5 Å². The second kappa shape index (κ2) is 16.5. The predicted octanol–water partition coefficient (Wildman–Crippen LogP) is 0.425. The molecule has 0 aliphatic carbocycles. The number of H-pyrrole nitrogens is 2. The van der Waals surface area contributed by atoms with Gasteiger partial charge in [-0.15, -0.1) is 0 Å². The normalized spacial score (nSPS) is 14.1. The zero-order valence-electron chi connectivity index (χ0n) is 23.6. The highest BCUT2D eigenvalue weighted by atomic mass is 32.2. The van der Waals surface area contributed by atoms with E-state index in [2.05, 4.69) is 30.9 Å². The van der Waals surface area contributed by atoms with E-state index in [0.717, 1.165) is 22.9 Å². The molecule has 2 aromatic heterocycles. The van der Waals surface area contributed by atoms with Gasteiger partial charge in [0.15, 0.2) is 0 Å². The van der Waals surface area contributed by atoms with Crippen molar-refractivity contribution in [2.75, 3.05) is 18.6 Å². The minimum absolute atomic E-state index is 0.0504. The van der Waals surface area contributed by atoms with Gasteiger partial charge in [-0.05, 0) is 49.4 Å². The number of carboxylic acid groups (broad SMARTS) is 1. The molecule has 0 radical (unpaired) electrons. The lowest BCUT2D eigenvalue weighted by atomic mass is 10.0. The van der Waals surface area contributed by atoms with Crippen molar-refractivity contribution in [2.24, 2.45) is 11.5 Å². The number of carboxylic acids is 1. The van der Waals surface area contributed by atoms with Crippen molar-refractivity contribution < 1.29 is 24.3 Å². The monoisotopic (exact) mass is 600 g/mol. The van der Waals surface area contributed by atoms with Gasteiger partial charge in [0.05, 0.1) is 12.4 Å². The summed E-state index contributed by atoms with van der Waals surface area (Å²) in [4.78, 5) is 61.8. The second-order valence-electron chi connectivity index (χ2n) is 10.0. The smallest absolute Gasteiger partial charge is 0.326 e. The van der Waals surface area contributed by atoms with Gasteiger partial charge in [0.2, 0.25) is 17.7 Å². The summed E-state index contributed by atoms with van der Waals surface area (Å²) in [6, 6.07) is 3.35. The summed E-state index contributed by atoms with van der Waals surface area (Å²) >= 11 is 1.48. The Morgan fingerprint density at radius 1 is 0.952 bits per heavy atom. The number of imidazole rings is 1. The largest absolute Gasteiger partial charge is 0.480 e. The van der Waals surface area contributed by atoms with Gasteiger partial charge in [0.25, 0.3) is 0 Å². The number of hydrogen-bond donors (Lipinski definition) is 8. The number of thioether (sulfide) groups is 1. The summed E-state index contributed by atoms with van der Waals surface area (Å²) in [7, 11) is 0. The summed E-state index contributed by atoms with van der Waals surface area (Å²) in [6.07, 6.45) is 8.77. The van der Waals surface area contributed by atoms with Crippen LogP contribution in [0.5, 0.6) is 0 Å². The fourth-order valence-electron chi connectivity index (χ4n) is 4.51. The lowest BCUT2D eigenvalue weighted by Gasteiger charge is -2.25. The SMILES string of the molecule is CSCCC(NC(=O)C(Cc1cnc[nH]1)NC(=O)C(N)CCCCN)C(=O)NC(Cc1c[nH]c2ccccc12)C(=O)O. The summed E-state index contributed by atoms with van der Waals surface area (Å²) in [5.74, 6) is -2.40. The van der Waals surface area contributed by atoms with Crippen molar-refractivity contribution >= 4 is 46.4 Å². The third-order valence-electron chi connectivity index (χ3n) is 6.88. The lowest BCUT2D eigenvalue weighted by Crippen LogP contribution is -2.58. The maximum absolute atomic E-state index is 13.5.